The Morgan fingerprint density at radius 2 is 2.05 bits per heavy atom. The molecule has 0 aliphatic rings. The molecule has 0 amide bonds. The summed E-state index contributed by atoms with van der Waals surface area (Å²) in [5.41, 5.74) is 2.44. The number of nitrogens with two attached hydrogens (primary N) is 2. The van der Waals surface area contributed by atoms with Crippen LogP contribution in [-0.4, -0.2) is 37.3 Å². The van der Waals surface area contributed by atoms with Gasteiger partial charge in [-0.05, 0) is 13.3 Å². The molecular formula is C10H20N6O3S. The van der Waals surface area contributed by atoms with Gasteiger partial charge in [0.1, 0.15) is 18.2 Å². The molecule has 0 fully saturated rings. The molecule has 0 aromatic carbocycles. The first-order valence-electron chi connectivity index (χ1n) is 6.11. The Morgan fingerprint density at radius 3 is 2.65 bits per heavy atom. The number of rotatable bonds is 9. The monoisotopic (exact) mass is 304 g/mol. The lowest BCUT2D eigenvalue weighted by Crippen LogP contribution is -2.19. The number of nitrogens with one attached hydrogen (secondary N) is 2. The van der Waals surface area contributed by atoms with Crippen LogP contribution in [0.2, 0.25) is 0 Å². The van der Waals surface area contributed by atoms with Gasteiger partial charge in [-0.25, -0.2) is 29.4 Å². The fourth-order valence-corrected chi connectivity index (χ4v) is 1.96. The summed E-state index contributed by atoms with van der Waals surface area (Å²) in [6.45, 7) is 3.13. The third-order valence-electron chi connectivity index (χ3n) is 2.27. The molecule has 1 rings (SSSR count). The molecule has 0 aliphatic carbocycles. The number of hydrogen-bond donors (Lipinski definition) is 4. The smallest absolute Gasteiger partial charge is 0.209 e. The van der Waals surface area contributed by atoms with Crippen molar-refractivity contribution in [3.8, 4) is 0 Å². The lowest BCUT2D eigenvalue weighted by molar-refractivity contribution is 0.128. The summed E-state index contributed by atoms with van der Waals surface area (Å²) in [6, 6.07) is 1.62. The molecule has 0 saturated heterocycles. The Morgan fingerprint density at radius 1 is 1.35 bits per heavy atom. The summed E-state index contributed by atoms with van der Waals surface area (Å²) in [6.07, 6.45) is 0.384. The van der Waals surface area contributed by atoms with Crippen LogP contribution in [0.5, 0.6) is 0 Å². The topological polar surface area (TPSA) is 145 Å². The van der Waals surface area contributed by atoms with Gasteiger partial charge >= 0.3 is 0 Å². The van der Waals surface area contributed by atoms with E-state index < -0.39 is 10.0 Å². The number of aromatic nitrogens is 2. The minimum Gasteiger partial charge on any atom is -0.374 e. The number of sulfonamides is 1. The summed E-state index contributed by atoms with van der Waals surface area (Å²) in [4.78, 5) is 8.36. The van der Waals surface area contributed by atoms with Crippen LogP contribution in [0.3, 0.4) is 0 Å². The third kappa shape index (κ3) is 6.61. The van der Waals surface area contributed by atoms with E-state index in [1.54, 1.807) is 6.07 Å². The first-order chi connectivity index (χ1) is 9.44. The highest BCUT2D eigenvalue weighted by Gasteiger charge is 2.05. The normalized spacial score (nSPS) is 11.3. The molecule has 0 bridgehead atoms. The lowest BCUT2D eigenvalue weighted by Gasteiger charge is -2.09. The summed E-state index contributed by atoms with van der Waals surface area (Å²) in [7, 11) is -3.44. The molecule has 0 unspecified atom stereocenters. The van der Waals surface area contributed by atoms with E-state index in [0.29, 0.717) is 37.0 Å². The molecule has 6 N–H and O–H groups in total. The average Bonchev–Trinajstić information content (AvgIpc) is 2.40. The van der Waals surface area contributed by atoms with Crippen molar-refractivity contribution >= 4 is 21.7 Å². The van der Waals surface area contributed by atoms with Crippen LogP contribution < -0.4 is 21.7 Å². The number of ether oxygens (including phenoxy) is 1. The minimum atomic E-state index is -3.44. The van der Waals surface area contributed by atoms with Crippen molar-refractivity contribution in [2.24, 2.45) is 11.0 Å². The number of nitrogen functional groups attached to an aromatic ring is 1. The van der Waals surface area contributed by atoms with Crippen molar-refractivity contribution in [2.75, 3.05) is 29.6 Å². The number of anilines is 2. The molecule has 1 aromatic heterocycles. The van der Waals surface area contributed by atoms with E-state index in [-0.39, 0.29) is 12.4 Å². The summed E-state index contributed by atoms with van der Waals surface area (Å²) in [5, 5.41) is 7.90. The molecule has 114 valence electrons. The fraction of sp³-hybridized carbons (Fsp3) is 0.600. The van der Waals surface area contributed by atoms with E-state index >= 15 is 0 Å². The second-order valence-corrected chi connectivity index (χ2v) is 5.72. The van der Waals surface area contributed by atoms with Crippen molar-refractivity contribution in [1.29, 1.82) is 0 Å². The quantitative estimate of drug-likeness (QED) is 0.268. The average molecular weight is 304 g/mol. The van der Waals surface area contributed by atoms with Gasteiger partial charge in [-0.3, -0.25) is 0 Å². The highest BCUT2D eigenvalue weighted by atomic mass is 32.2. The zero-order valence-corrected chi connectivity index (χ0v) is 12.1. The summed E-state index contributed by atoms with van der Waals surface area (Å²) in [5.74, 6) is 6.71. The van der Waals surface area contributed by atoms with Gasteiger partial charge in [0.05, 0.1) is 5.75 Å². The zero-order chi connectivity index (χ0) is 15.0. The molecule has 9 nitrogen and oxygen atoms in total. The van der Waals surface area contributed by atoms with E-state index in [1.165, 1.54) is 0 Å². The predicted octanol–water partition coefficient (Wildman–Crippen LogP) is -0.611. The Labute approximate surface area is 118 Å². The maximum atomic E-state index is 10.8. The number of primary sulfonamides is 1. The number of nitrogens with zero attached hydrogens (tertiary/aromatic N) is 2. The Bertz CT molecular complexity index is 522. The lowest BCUT2D eigenvalue weighted by atomic mass is 10.4. The molecule has 20 heavy (non-hydrogen) atoms. The van der Waals surface area contributed by atoms with E-state index in [0.717, 1.165) is 0 Å². The Hall–Kier alpha value is -1.49. The van der Waals surface area contributed by atoms with Gasteiger partial charge in [0, 0.05) is 19.2 Å². The van der Waals surface area contributed by atoms with Gasteiger partial charge in [0.15, 0.2) is 5.82 Å². The Kier molecular flexibility index (Phi) is 6.58. The van der Waals surface area contributed by atoms with E-state index in [1.807, 2.05) is 6.92 Å². The van der Waals surface area contributed by atoms with Crippen molar-refractivity contribution in [3.05, 3.63) is 11.9 Å². The first-order valence-corrected chi connectivity index (χ1v) is 7.83. The van der Waals surface area contributed by atoms with Crippen molar-refractivity contribution < 1.29 is 13.2 Å². The third-order valence-corrected chi connectivity index (χ3v) is 3.13. The second kappa shape index (κ2) is 7.94. The van der Waals surface area contributed by atoms with Gasteiger partial charge in [-0.15, -0.1) is 0 Å². The van der Waals surface area contributed by atoms with Gasteiger partial charge in [-0.2, -0.15) is 0 Å². The van der Waals surface area contributed by atoms with Crippen LogP contribution in [0.4, 0.5) is 11.6 Å². The van der Waals surface area contributed by atoms with Crippen LogP contribution in [0.15, 0.2) is 6.07 Å². The maximum Gasteiger partial charge on any atom is 0.209 e. The summed E-state index contributed by atoms with van der Waals surface area (Å²) < 4.78 is 26.8. The standard InChI is InChI=1S/C10H20N6O3S/c1-2-19-7-10-14-8(6-9(15-10)16-11)13-4-3-5-20(12,17)18/h6H,2-5,7,11H2,1H3,(H2,12,17,18)(H2,13,14,15,16). The Balaban J connectivity index is 2.59. The minimum absolute atomic E-state index is 0.0844. The number of hydrazine groups is 1. The highest BCUT2D eigenvalue weighted by molar-refractivity contribution is 7.89. The molecule has 0 radical (unpaired) electrons. The van der Waals surface area contributed by atoms with E-state index in [9.17, 15) is 8.42 Å². The predicted molar refractivity (Wildman–Crippen MR) is 76.3 cm³/mol. The molecule has 10 heteroatoms. The van der Waals surface area contributed by atoms with Crippen molar-refractivity contribution in [3.63, 3.8) is 0 Å². The second-order valence-electron chi connectivity index (χ2n) is 3.98. The van der Waals surface area contributed by atoms with Gasteiger partial charge in [0.2, 0.25) is 10.0 Å². The van der Waals surface area contributed by atoms with Crippen molar-refractivity contribution in [1.82, 2.24) is 9.97 Å². The van der Waals surface area contributed by atoms with Crippen LogP contribution >= 0.6 is 0 Å². The molecule has 0 atom stereocenters. The van der Waals surface area contributed by atoms with Gasteiger partial charge in [0.25, 0.3) is 0 Å². The van der Waals surface area contributed by atoms with Crippen molar-refractivity contribution in [2.45, 2.75) is 20.0 Å². The van der Waals surface area contributed by atoms with Crippen LogP contribution in [0.1, 0.15) is 19.2 Å². The molecule has 1 aromatic rings. The fourth-order valence-electron chi connectivity index (χ4n) is 1.41. The maximum absolute atomic E-state index is 10.8. The molecule has 0 aliphatic heterocycles. The first kappa shape index (κ1) is 16.6. The molecule has 0 spiro atoms. The van der Waals surface area contributed by atoms with Crippen LogP contribution in [-0.2, 0) is 21.4 Å². The number of hydrogen-bond acceptors (Lipinski definition) is 8. The van der Waals surface area contributed by atoms with Gasteiger partial charge in [-0.1, -0.05) is 0 Å². The zero-order valence-electron chi connectivity index (χ0n) is 11.3. The molecular weight excluding hydrogens is 284 g/mol. The SMILES string of the molecule is CCOCc1nc(NN)cc(NCCCS(N)(=O)=O)n1. The molecule has 0 saturated carbocycles. The van der Waals surface area contributed by atoms with Crippen LogP contribution in [0.25, 0.3) is 0 Å². The van der Waals surface area contributed by atoms with E-state index in [4.69, 9.17) is 15.7 Å². The largest absolute Gasteiger partial charge is 0.374 e. The van der Waals surface area contributed by atoms with Gasteiger partial charge < -0.3 is 15.5 Å². The van der Waals surface area contributed by atoms with E-state index in [2.05, 4.69) is 20.7 Å². The summed E-state index contributed by atoms with van der Waals surface area (Å²) >= 11 is 0. The molecule has 1 heterocycles. The van der Waals surface area contributed by atoms with Crippen LogP contribution in [0, 0.1) is 0 Å². The highest BCUT2D eigenvalue weighted by Crippen LogP contribution is 2.11.